The zero-order chi connectivity index (χ0) is 28.3. The first-order chi connectivity index (χ1) is 18.5. The molecular formula is C30H31F3N4O2. The van der Waals surface area contributed by atoms with Crippen LogP contribution >= 0.6 is 0 Å². The number of rotatable bonds is 7. The molecule has 0 saturated carbocycles. The predicted octanol–water partition coefficient (Wildman–Crippen LogP) is 7.42. The number of para-hydroxylation sites is 1. The van der Waals surface area contributed by atoms with Gasteiger partial charge in [-0.05, 0) is 68.7 Å². The molecule has 0 aliphatic rings. The topological polar surface area (TPSA) is 67.2 Å². The van der Waals surface area contributed by atoms with Gasteiger partial charge < -0.3 is 10.2 Å². The van der Waals surface area contributed by atoms with Crippen LogP contribution in [0.5, 0.6) is 0 Å². The van der Waals surface area contributed by atoms with E-state index in [0.717, 1.165) is 23.3 Å². The molecule has 1 unspecified atom stereocenters. The van der Waals surface area contributed by atoms with Crippen molar-refractivity contribution in [2.75, 3.05) is 11.9 Å². The van der Waals surface area contributed by atoms with Crippen molar-refractivity contribution in [3.8, 4) is 5.69 Å². The SMILES string of the molecule is CCCN(C(=O)Nc1cccc(C(F)(F)F)c1)C(CC)c1nc2ccccc2c(=O)n1-c1ccc(C)cc1C. The van der Waals surface area contributed by atoms with Gasteiger partial charge >= 0.3 is 12.2 Å². The fourth-order valence-electron chi connectivity index (χ4n) is 4.81. The highest BCUT2D eigenvalue weighted by Crippen LogP contribution is 2.32. The van der Waals surface area contributed by atoms with Gasteiger partial charge in [-0.1, -0.05) is 49.7 Å². The van der Waals surface area contributed by atoms with E-state index in [1.807, 2.05) is 45.9 Å². The van der Waals surface area contributed by atoms with Crippen LogP contribution in [-0.4, -0.2) is 27.0 Å². The number of carbonyl (C=O) groups excluding carboxylic acids is 1. The van der Waals surface area contributed by atoms with Gasteiger partial charge in [0, 0.05) is 12.2 Å². The van der Waals surface area contributed by atoms with Crippen molar-refractivity contribution >= 4 is 22.6 Å². The lowest BCUT2D eigenvalue weighted by Gasteiger charge is -2.32. The molecule has 204 valence electrons. The Balaban J connectivity index is 1.85. The molecule has 4 rings (SSSR count). The summed E-state index contributed by atoms with van der Waals surface area (Å²) in [5.74, 6) is 0.390. The first-order valence-corrected chi connectivity index (χ1v) is 12.9. The maximum absolute atomic E-state index is 13.9. The maximum atomic E-state index is 13.9. The molecular weight excluding hydrogens is 505 g/mol. The van der Waals surface area contributed by atoms with E-state index < -0.39 is 23.8 Å². The van der Waals surface area contributed by atoms with E-state index in [4.69, 9.17) is 4.98 Å². The Kier molecular flexibility index (Phi) is 8.09. The zero-order valence-electron chi connectivity index (χ0n) is 22.3. The number of hydrogen-bond donors (Lipinski definition) is 1. The first-order valence-electron chi connectivity index (χ1n) is 12.9. The van der Waals surface area contributed by atoms with Crippen LogP contribution in [-0.2, 0) is 6.18 Å². The smallest absolute Gasteiger partial charge is 0.314 e. The fourth-order valence-corrected chi connectivity index (χ4v) is 4.81. The van der Waals surface area contributed by atoms with E-state index in [9.17, 15) is 22.8 Å². The van der Waals surface area contributed by atoms with E-state index in [1.165, 1.54) is 17.0 Å². The number of nitrogens with zero attached hydrogens (tertiary/aromatic N) is 3. The molecule has 3 aromatic carbocycles. The summed E-state index contributed by atoms with van der Waals surface area (Å²) in [6.07, 6.45) is -3.52. The van der Waals surface area contributed by atoms with Crippen molar-refractivity contribution in [3.63, 3.8) is 0 Å². The number of benzene rings is 3. The van der Waals surface area contributed by atoms with Gasteiger partial charge in [0.15, 0.2) is 0 Å². The minimum absolute atomic E-state index is 0.0315. The molecule has 1 N–H and O–H groups in total. The molecule has 0 bridgehead atoms. The van der Waals surface area contributed by atoms with Crippen molar-refractivity contribution in [3.05, 3.63) is 99.6 Å². The predicted molar refractivity (Wildman–Crippen MR) is 147 cm³/mol. The molecule has 4 aromatic rings. The van der Waals surface area contributed by atoms with Crippen molar-refractivity contribution in [2.24, 2.45) is 0 Å². The molecule has 9 heteroatoms. The number of fused-ring (bicyclic) bond motifs is 1. The van der Waals surface area contributed by atoms with Gasteiger partial charge in [0.1, 0.15) is 5.82 Å². The Morgan fingerprint density at radius 2 is 1.77 bits per heavy atom. The number of amides is 2. The number of nitrogens with one attached hydrogen (secondary N) is 1. The molecule has 0 radical (unpaired) electrons. The third-order valence-electron chi connectivity index (χ3n) is 6.62. The van der Waals surface area contributed by atoms with Crippen LogP contribution in [0.1, 0.15) is 55.2 Å². The Morgan fingerprint density at radius 3 is 2.44 bits per heavy atom. The highest BCUT2D eigenvalue weighted by molar-refractivity contribution is 5.89. The fraction of sp³-hybridized carbons (Fsp3) is 0.300. The van der Waals surface area contributed by atoms with Crippen LogP contribution < -0.4 is 10.9 Å². The summed E-state index contributed by atoms with van der Waals surface area (Å²) in [6, 6.07) is 16.1. The number of alkyl halides is 3. The molecule has 0 aliphatic heterocycles. The summed E-state index contributed by atoms with van der Waals surface area (Å²) in [7, 11) is 0. The third kappa shape index (κ3) is 5.82. The minimum atomic E-state index is -4.53. The molecule has 0 saturated heterocycles. The second-order valence-corrected chi connectivity index (χ2v) is 9.54. The lowest BCUT2D eigenvalue weighted by molar-refractivity contribution is -0.137. The number of carbonyl (C=O) groups is 1. The number of aromatic nitrogens is 2. The van der Waals surface area contributed by atoms with Crippen LogP contribution in [0.4, 0.5) is 23.7 Å². The van der Waals surface area contributed by atoms with Crippen molar-refractivity contribution in [1.29, 1.82) is 0 Å². The summed E-state index contributed by atoms with van der Waals surface area (Å²) in [5.41, 5.74) is 2.01. The summed E-state index contributed by atoms with van der Waals surface area (Å²) in [5, 5.41) is 3.08. The number of aryl methyl sites for hydroxylation is 2. The van der Waals surface area contributed by atoms with E-state index in [1.54, 1.807) is 28.8 Å². The number of halogens is 3. The van der Waals surface area contributed by atoms with Gasteiger partial charge in [-0.3, -0.25) is 9.36 Å². The van der Waals surface area contributed by atoms with Crippen LogP contribution in [0, 0.1) is 13.8 Å². The van der Waals surface area contributed by atoms with Crippen molar-refractivity contribution < 1.29 is 18.0 Å². The Morgan fingerprint density at radius 1 is 1.03 bits per heavy atom. The molecule has 0 fully saturated rings. The van der Waals surface area contributed by atoms with E-state index in [0.29, 0.717) is 41.8 Å². The highest BCUT2D eigenvalue weighted by atomic mass is 19.4. The average Bonchev–Trinajstić information content (AvgIpc) is 2.89. The summed E-state index contributed by atoms with van der Waals surface area (Å²) < 4.78 is 41.3. The Labute approximate surface area is 225 Å². The molecule has 0 spiro atoms. The molecule has 39 heavy (non-hydrogen) atoms. The first kappa shape index (κ1) is 27.9. The normalized spacial score (nSPS) is 12.4. The lowest BCUT2D eigenvalue weighted by Crippen LogP contribution is -2.41. The highest BCUT2D eigenvalue weighted by Gasteiger charge is 2.32. The third-order valence-corrected chi connectivity index (χ3v) is 6.62. The van der Waals surface area contributed by atoms with Gasteiger partial charge in [0.05, 0.1) is 28.2 Å². The van der Waals surface area contributed by atoms with Gasteiger partial charge in [0.25, 0.3) is 5.56 Å². The second-order valence-electron chi connectivity index (χ2n) is 9.54. The Bertz CT molecular complexity index is 1560. The molecule has 1 aromatic heterocycles. The average molecular weight is 537 g/mol. The largest absolute Gasteiger partial charge is 0.416 e. The van der Waals surface area contributed by atoms with Gasteiger partial charge in [-0.25, -0.2) is 9.78 Å². The lowest BCUT2D eigenvalue weighted by atomic mass is 10.1. The van der Waals surface area contributed by atoms with E-state index >= 15 is 0 Å². The standard InChI is InChI=1S/C30H31F3N4O2/c1-5-16-36(29(39)34-22-11-9-10-21(18-22)30(31,32)33)25(6-2)27-35-24-13-8-7-12-23(24)28(38)37(27)26-15-14-19(3)17-20(26)4/h7-15,17-18,25H,5-6,16H2,1-4H3,(H,34,39). The Hall–Kier alpha value is -4.14. The minimum Gasteiger partial charge on any atom is -0.314 e. The molecule has 0 aliphatic carbocycles. The second kappa shape index (κ2) is 11.3. The maximum Gasteiger partial charge on any atom is 0.416 e. The summed E-state index contributed by atoms with van der Waals surface area (Å²) in [4.78, 5) is 33.9. The van der Waals surface area contributed by atoms with Crippen LogP contribution in [0.15, 0.2) is 71.5 Å². The van der Waals surface area contributed by atoms with Crippen LogP contribution in [0.25, 0.3) is 16.6 Å². The van der Waals surface area contributed by atoms with E-state index in [2.05, 4.69) is 5.32 Å². The van der Waals surface area contributed by atoms with Crippen LogP contribution in [0.2, 0.25) is 0 Å². The van der Waals surface area contributed by atoms with Gasteiger partial charge in [-0.15, -0.1) is 0 Å². The number of anilines is 1. The molecule has 2 amide bonds. The monoisotopic (exact) mass is 536 g/mol. The molecule has 1 heterocycles. The van der Waals surface area contributed by atoms with Gasteiger partial charge in [-0.2, -0.15) is 13.2 Å². The summed E-state index contributed by atoms with van der Waals surface area (Å²) >= 11 is 0. The van der Waals surface area contributed by atoms with E-state index in [-0.39, 0.29) is 11.2 Å². The molecule has 6 nitrogen and oxygen atoms in total. The van der Waals surface area contributed by atoms with Crippen molar-refractivity contribution in [1.82, 2.24) is 14.5 Å². The number of urea groups is 1. The molecule has 1 atom stereocenters. The van der Waals surface area contributed by atoms with Crippen molar-refractivity contribution in [2.45, 2.75) is 52.8 Å². The zero-order valence-corrected chi connectivity index (χ0v) is 22.3. The van der Waals surface area contributed by atoms with Crippen LogP contribution in [0.3, 0.4) is 0 Å². The van der Waals surface area contributed by atoms with Gasteiger partial charge in [0.2, 0.25) is 0 Å². The number of hydrogen-bond acceptors (Lipinski definition) is 3. The quantitative estimate of drug-likeness (QED) is 0.267. The summed E-state index contributed by atoms with van der Waals surface area (Å²) in [6.45, 7) is 7.98.